The zero-order valence-electron chi connectivity index (χ0n) is 15.5. The molecule has 0 unspecified atom stereocenters. The minimum atomic E-state index is 0.0730. The van der Waals surface area contributed by atoms with Gasteiger partial charge in [0, 0.05) is 44.5 Å². The Labute approximate surface area is 155 Å². The topological polar surface area (TPSA) is 62.5 Å². The van der Waals surface area contributed by atoms with E-state index in [1.54, 1.807) is 11.3 Å². The highest BCUT2D eigenvalue weighted by molar-refractivity contribution is 7.09. The van der Waals surface area contributed by atoms with Crippen LogP contribution in [0.2, 0.25) is 0 Å². The van der Waals surface area contributed by atoms with Crippen molar-refractivity contribution >= 4 is 17.2 Å². The molecule has 1 aliphatic heterocycles. The fourth-order valence-corrected chi connectivity index (χ4v) is 4.89. The Morgan fingerprint density at radius 1 is 1.24 bits per heavy atom. The summed E-state index contributed by atoms with van der Waals surface area (Å²) in [4.78, 5) is 21.9. The number of thiazole rings is 1. The molecule has 0 radical (unpaired) electrons. The number of nitrogens with two attached hydrogens (primary N) is 1. The third kappa shape index (κ3) is 4.80. The van der Waals surface area contributed by atoms with Crippen LogP contribution in [0.25, 0.3) is 0 Å². The van der Waals surface area contributed by atoms with Crippen molar-refractivity contribution in [3.8, 4) is 0 Å². The maximum atomic E-state index is 12.8. The van der Waals surface area contributed by atoms with Crippen molar-refractivity contribution in [3.63, 3.8) is 0 Å². The second kappa shape index (κ2) is 8.60. The van der Waals surface area contributed by atoms with Crippen LogP contribution in [-0.2, 0) is 17.8 Å². The van der Waals surface area contributed by atoms with E-state index >= 15 is 0 Å². The number of hydrogen-bond donors (Lipinski definition) is 1. The lowest BCUT2D eigenvalue weighted by atomic mass is 9.71. The first-order valence-corrected chi connectivity index (χ1v) is 10.7. The SMILES string of the molecule is CCc1nc(CN2CCN(C(=O)CC3(CN)CCCCC3)CC2)cs1. The Kier molecular flexibility index (Phi) is 6.47. The fourth-order valence-electron chi connectivity index (χ4n) is 4.16. The summed E-state index contributed by atoms with van der Waals surface area (Å²) in [5.74, 6) is 0.314. The van der Waals surface area contributed by atoms with Gasteiger partial charge in [-0.1, -0.05) is 26.2 Å². The second-order valence-electron chi connectivity index (χ2n) is 7.68. The second-order valence-corrected chi connectivity index (χ2v) is 8.63. The van der Waals surface area contributed by atoms with Crippen molar-refractivity contribution in [2.45, 2.75) is 58.4 Å². The molecule has 25 heavy (non-hydrogen) atoms. The molecule has 2 heterocycles. The first-order valence-electron chi connectivity index (χ1n) is 9.77. The molecule has 3 rings (SSSR count). The average Bonchev–Trinajstić information content (AvgIpc) is 3.10. The van der Waals surface area contributed by atoms with Gasteiger partial charge in [0.1, 0.15) is 0 Å². The highest BCUT2D eigenvalue weighted by Crippen LogP contribution is 2.38. The molecule has 0 bridgehead atoms. The summed E-state index contributed by atoms with van der Waals surface area (Å²) < 4.78 is 0. The predicted molar refractivity (Wildman–Crippen MR) is 103 cm³/mol. The molecule has 1 saturated carbocycles. The van der Waals surface area contributed by atoms with E-state index in [1.807, 2.05) is 0 Å². The van der Waals surface area contributed by atoms with E-state index in [1.165, 1.54) is 30.0 Å². The van der Waals surface area contributed by atoms with Crippen molar-refractivity contribution in [2.75, 3.05) is 32.7 Å². The zero-order chi connectivity index (χ0) is 17.7. The van der Waals surface area contributed by atoms with Crippen LogP contribution in [0.5, 0.6) is 0 Å². The van der Waals surface area contributed by atoms with Gasteiger partial charge in [-0.25, -0.2) is 4.98 Å². The molecule has 140 valence electrons. The molecule has 1 aromatic rings. The van der Waals surface area contributed by atoms with Crippen LogP contribution in [0.3, 0.4) is 0 Å². The summed E-state index contributed by atoms with van der Waals surface area (Å²) in [7, 11) is 0. The number of rotatable bonds is 6. The van der Waals surface area contributed by atoms with E-state index in [0.717, 1.165) is 52.0 Å². The third-order valence-electron chi connectivity index (χ3n) is 5.89. The lowest BCUT2D eigenvalue weighted by Gasteiger charge is -2.39. The maximum Gasteiger partial charge on any atom is 0.223 e. The summed E-state index contributed by atoms with van der Waals surface area (Å²) in [5, 5.41) is 3.38. The Morgan fingerprint density at radius 2 is 1.96 bits per heavy atom. The summed E-state index contributed by atoms with van der Waals surface area (Å²) in [6, 6.07) is 0. The minimum absolute atomic E-state index is 0.0730. The van der Waals surface area contributed by atoms with E-state index in [-0.39, 0.29) is 5.41 Å². The van der Waals surface area contributed by atoms with E-state index in [2.05, 4.69) is 27.1 Å². The van der Waals surface area contributed by atoms with Gasteiger partial charge < -0.3 is 10.6 Å². The van der Waals surface area contributed by atoms with Crippen molar-refractivity contribution in [1.29, 1.82) is 0 Å². The van der Waals surface area contributed by atoms with E-state index in [9.17, 15) is 4.79 Å². The number of hydrogen-bond acceptors (Lipinski definition) is 5. The number of carbonyl (C=O) groups excluding carboxylic acids is 1. The third-order valence-corrected chi connectivity index (χ3v) is 6.93. The number of piperazine rings is 1. The van der Waals surface area contributed by atoms with Crippen LogP contribution in [-0.4, -0.2) is 53.4 Å². The van der Waals surface area contributed by atoms with E-state index in [0.29, 0.717) is 18.9 Å². The quantitative estimate of drug-likeness (QED) is 0.843. The molecule has 2 fully saturated rings. The van der Waals surface area contributed by atoms with Crippen LogP contribution >= 0.6 is 11.3 Å². The molecule has 5 nitrogen and oxygen atoms in total. The van der Waals surface area contributed by atoms with Crippen LogP contribution < -0.4 is 5.73 Å². The standard InChI is InChI=1S/C19H32N4OS/c1-2-17-21-16(14-25-17)13-22-8-10-23(11-9-22)18(24)12-19(15-20)6-4-3-5-7-19/h14H,2-13,15,20H2,1H3. The van der Waals surface area contributed by atoms with Crippen molar-refractivity contribution < 1.29 is 4.79 Å². The molecule has 2 N–H and O–H groups in total. The smallest absolute Gasteiger partial charge is 0.223 e. The van der Waals surface area contributed by atoms with Crippen molar-refractivity contribution in [1.82, 2.24) is 14.8 Å². The number of amides is 1. The predicted octanol–water partition coefficient (Wildman–Crippen LogP) is 2.65. The van der Waals surface area contributed by atoms with E-state index < -0.39 is 0 Å². The molecule has 2 aliphatic rings. The lowest BCUT2D eigenvalue weighted by molar-refractivity contribution is -0.136. The first kappa shape index (κ1) is 18.8. The summed E-state index contributed by atoms with van der Waals surface area (Å²) in [5.41, 5.74) is 7.30. The van der Waals surface area contributed by atoms with Gasteiger partial charge in [-0.3, -0.25) is 9.69 Å². The highest BCUT2D eigenvalue weighted by Gasteiger charge is 2.35. The molecular weight excluding hydrogens is 332 g/mol. The number of carbonyl (C=O) groups is 1. The molecule has 6 heteroatoms. The summed E-state index contributed by atoms with van der Waals surface area (Å²) in [6.45, 7) is 7.27. The Bertz CT molecular complexity index is 560. The Hall–Kier alpha value is -0.980. The molecular formula is C19H32N4OS. The molecule has 1 amide bonds. The van der Waals surface area contributed by atoms with Crippen LogP contribution in [0.1, 0.15) is 56.2 Å². The first-order chi connectivity index (χ1) is 12.1. The lowest BCUT2D eigenvalue weighted by Crippen LogP contribution is -2.50. The fraction of sp³-hybridized carbons (Fsp3) is 0.789. The van der Waals surface area contributed by atoms with Gasteiger partial charge in [-0.2, -0.15) is 0 Å². The van der Waals surface area contributed by atoms with Gasteiger partial charge in [-0.15, -0.1) is 11.3 Å². The Balaban J connectivity index is 1.47. The van der Waals surface area contributed by atoms with Gasteiger partial charge in [0.05, 0.1) is 10.7 Å². The Morgan fingerprint density at radius 3 is 2.56 bits per heavy atom. The minimum Gasteiger partial charge on any atom is -0.340 e. The average molecular weight is 365 g/mol. The van der Waals surface area contributed by atoms with Gasteiger partial charge in [-0.05, 0) is 31.2 Å². The van der Waals surface area contributed by atoms with Crippen LogP contribution in [0.15, 0.2) is 5.38 Å². The van der Waals surface area contributed by atoms with Gasteiger partial charge in [0.2, 0.25) is 5.91 Å². The van der Waals surface area contributed by atoms with Crippen LogP contribution in [0, 0.1) is 5.41 Å². The summed E-state index contributed by atoms with van der Waals surface area (Å²) in [6.07, 6.45) is 7.66. The molecule has 0 atom stereocenters. The number of aryl methyl sites for hydroxylation is 1. The van der Waals surface area contributed by atoms with Gasteiger partial charge in [0.25, 0.3) is 0 Å². The molecule has 1 aliphatic carbocycles. The molecule has 1 saturated heterocycles. The molecule has 0 spiro atoms. The molecule has 0 aromatic carbocycles. The van der Waals surface area contributed by atoms with Crippen LogP contribution in [0.4, 0.5) is 0 Å². The monoisotopic (exact) mass is 364 g/mol. The summed E-state index contributed by atoms with van der Waals surface area (Å²) >= 11 is 1.75. The van der Waals surface area contributed by atoms with Gasteiger partial charge in [0.15, 0.2) is 0 Å². The largest absolute Gasteiger partial charge is 0.340 e. The van der Waals surface area contributed by atoms with E-state index in [4.69, 9.17) is 5.73 Å². The zero-order valence-corrected chi connectivity index (χ0v) is 16.3. The molecule has 1 aromatic heterocycles. The highest BCUT2D eigenvalue weighted by atomic mass is 32.1. The van der Waals surface area contributed by atoms with Gasteiger partial charge >= 0.3 is 0 Å². The van der Waals surface area contributed by atoms with Crippen molar-refractivity contribution in [3.05, 3.63) is 16.1 Å². The number of nitrogens with zero attached hydrogens (tertiary/aromatic N) is 3. The maximum absolute atomic E-state index is 12.8. The number of aromatic nitrogens is 1. The van der Waals surface area contributed by atoms with Crippen molar-refractivity contribution in [2.24, 2.45) is 11.1 Å². The normalized spacial score (nSPS) is 21.4.